The smallest absolute Gasteiger partial charge is 0.336 e. The fraction of sp³-hybridized carbons (Fsp3) is 0.360. The van der Waals surface area contributed by atoms with Crippen LogP contribution in [0.5, 0.6) is 0 Å². The summed E-state index contributed by atoms with van der Waals surface area (Å²) in [4.78, 5) is 29.0. The molecule has 0 radical (unpaired) electrons. The molecule has 1 fully saturated rings. The Balaban J connectivity index is 1.41. The van der Waals surface area contributed by atoms with Crippen LogP contribution in [0.25, 0.3) is 11.0 Å². The zero-order valence-electron chi connectivity index (χ0n) is 17.7. The van der Waals surface area contributed by atoms with Gasteiger partial charge < -0.3 is 9.32 Å². The molecule has 0 unspecified atom stereocenters. The number of hydrogen-bond donors (Lipinski definition) is 0. The van der Waals surface area contributed by atoms with E-state index in [0.29, 0.717) is 31.6 Å². The molecule has 1 saturated heterocycles. The minimum Gasteiger partial charge on any atom is -0.423 e. The Morgan fingerprint density at radius 1 is 1.00 bits per heavy atom. The first-order valence-corrected chi connectivity index (χ1v) is 10.6. The van der Waals surface area contributed by atoms with Gasteiger partial charge in [-0.2, -0.15) is 0 Å². The van der Waals surface area contributed by atoms with Crippen LogP contribution < -0.4 is 5.63 Å². The lowest BCUT2D eigenvalue weighted by atomic mass is 10.0. The molecule has 0 N–H and O–H groups in total. The number of rotatable bonds is 5. The fourth-order valence-electron chi connectivity index (χ4n) is 4.10. The van der Waals surface area contributed by atoms with Gasteiger partial charge in [-0.1, -0.05) is 43.3 Å². The van der Waals surface area contributed by atoms with E-state index < -0.39 is 0 Å². The zero-order chi connectivity index (χ0) is 21.1. The van der Waals surface area contributed by atoms with E-state index >= 15 is 0 Å². The minimum atomic E-state index is -0.308. The molecule has 156 valence electrons. The molecular weight excluding hydrogens is 376 g/mol. The number of nitrogens with zero attached hydrogens (tertiary/aromatic N) is 2. The predicted octanol–water partition coefficient (Wildman–Crippen LogP) is 3.55. The van der Waals surface area contributed by atoms with Crippen LogP contribution in [0, 0.1) is 6.92 Å². The summed E-state index contributed by atoms with van der Waals surface area (Å²) in [6.45, 7) is 7.85. The zero-order valence-corrected chi connectivity index (χ0v) is 17.7. The van der Waals surface area contributed by atoms with E-state index in [4.69, 9.17) is 4.42 Å². The quantitative estimate of drug-likeness (QED) is 0.611. The number of carbonyl (C=O) groups excluding carboxylic acids is 1. The summed E-state index contributed by atoms with van der Waals surface area (Å²) in [5.41, 5.74) is 4.75. The third-order valence-corrected chi connectivity index (χ3v) is 6.02. The van der Waals surface area contributed by atoms with Crippen molar-refractivity contribution >= 4 is 16.9 Å². The second-order valence-electron chi connectivity index (χ2n) is 8.03. The van der Waals surface area contributed by atoms with E-state index in [0.717, 1.165) is 47.2 Å². The highest BCUT2D eigenvalue weighted by atomic mass is 16.4. The van der Waals surface area contributed by atoms with Gasteiger partial charge >= 0.3 is 5.63 Å². The van der Waals surface area contributed by atoms with E-state index in [-0.39, 0.29) is 11.5 Å². The van der Waals surface area contributed by atoms with Gasteiger partial charge in [-0.3, -0.25) is 9.69 Å². The van der Waals surface area contributed by atoms with Gasteiger partial charge in [-0.15, -0.1) is 0 Å². The normalized spacial score (nSPS) is 14.9. The Labute approximate surface area is 176 Å². The molecule has 2 heterocycles. The maximum absolute atomic E-state index is 12.7. The summed E-state index contributed by atoms with van der Waals surface area (Å²) < 4.78 is 5.42. The second kappa shape index (κ2) is 8.84. The third kappa shape index (κ3) is 4.46. The van der Waals surface area contributed by atoms with Crippen molar-refractivity contribution in [3.8, 4) is 0 Å². The highest BCUT2D eigenvalue weighted by Crippen LogP contribution is 2.21. The van der Waals surface area contributed by atoms with Gasteiger partial charge in [-0.05, 0) is 41.7 Å². The Hall–Kier alpha value is -2.92. The van der Waals surface area contributed by atoms with Crippen molar-refractivity contribution in [2.75, 3.05) is 26.2 Å². The number of benzene rings is 2. The molecule has 5 nitrogen and oxygen atoms in total. The van der Waals surface area contributed by atoms with E-state index in [1.54, 1.807) is 6.07 Å². The molecule has 0 saturated carbocycles. The first kappa shape index (κ1) is 20.4. The van der Waals surface area contributed by atoms with Crippen LogP contribution in [0.2, 0.25) is 0 Å². The Morgan fingerprint density at radius 3 is 2.50 bits per heavy atom. The molecule has 1 aliphatic heterocycles. The molecule has 3 aromatic rings. The molecule has 0 atom stereocenters. The molecule has 0 aliphatic carbocycles. The van der Waals surface area contributed by atoms with Crippen molar-refractivity contribution in [1.29, 1.82) is 0 Å². The van der Waals surface area contributed by atoms with Crippen molar-refractivity contribution in [2.45, 2.75) is 33.2 Å². The summed E-state index contributed by atoms with van der Waals surface area (Å²) in [6, 6.07) is 15.8. The molecule has 0 spiro atoms. The van der Waals surface area contributed by atoms with E-state index in [2.05, 4.69) is 24.0 Å². The van der Waals surface area contributed by atoms with Crippen LogP contribution in [0.3, 0.4) is 0 Å². The number of aryl methyl sites for hydroxylation is 2. The Morgan fingerprint density at radius 2 is 1.77 bits per heavy atom. The number of piperazine rings is 1. The van der Waals surface area contributed by atoms with Crippen molar-refractivity contribution < 1.29 is 9.21 Å². The summed E-state index contributed by atoms with van der Waals surface area (Å²) in [7, 11) is 0. The van der Waals surface area contributed by atoms with E-state index in [9.17, 15) is 9.59 Å². The lowest BCUT2D eigenvalue weighted by Crippen LogP contribution is -2.48. The monoisotopic (exact) mass is 404 g/mol. The van der Waals surface area contributed by atoms with Crippen LogP contribution >= 0.6 is 0 Å². The summed E-state index contributed by atoms with van der Waals surface area (Å²) >= 11 is 0. The van der Waals surface area contributed by atoms with Gasteiger partial charge in [0.15, 0.2) is 0 Å². The van der Waals surface area contributed by atoms with Crippen LogP contribution in [-0.4, -0.2) is 41.9 Å². The van der Waals surface area contributed by atoms with Crippen molar-refractivity contribution in [3.05, 3.63) is 81.2 Å². The molecule has 4 rings (SSSR count). The molecule has 30 heavy (non-hydrogen) atoms. The molecule has 1 aliphatic rings. The number of amides is 1. The van der Waals surface area contributed by atoms with Gasteiger partial charge in [0.1, 0.15) is 5.58 Å². The van der Waals surface area contributed by atoms with Crippen LogP contribution in [0.4, 0.5) is 0 Å². The van der Waals surface area contributed by atoms with Gasteiger partial charge in [-0.25, -0.2) is 4.79 Å². The summed E-state index contributed by atoms with van der Waals surface area (Å²) in [6.07, 6.45) is 1.36. The van der Waals surface area contributed by atoms with E-state index in [1.807, 2.05) is 42.2 Å². The minimum absolute atomic E-state index is 0.182. The highest BCUT2D eigenvalue weighted by Gasteiger charge is 2.22. The largest absolute Gasteiger partial charge is 0.423 e. The predicted molar refractivity (Wildman–Crippen MR) is 119 cm³/mol. The first-order chi connectivity index (χ1) is 14.5. The standard InChI is InChI=1S/C25H28N2O3/c1-3-19-8-9-22-21(16-25(29)30-23(22)14-19)17-26-10-12-27(13-11-26)24(28)15-20-7-5-4-6-18(20)2/h4-9,14,16H,3,10-13,15,17H2,1-2H3. The third-order valence-electron chi connectivity index (χ3n) is 6.02. The van der Waals surface area contributed by atoms with E-state index in [1.165, 1.54) is 0 Å². The number of hydrogen-bond acceptors (Lipinski definition) is 4. The number of fused-ring (bicyclic) bond motifs is 1. The lowest BCUT2D eigenvalue weighted by Gasteiger charge is -2.35. The van der Waals surface area contributed by atoms with Gasteiger partial charge in [0.25, 0.3) is 0 Å². The fourth-order valence-corrected chi connectivity index (χ4v) is 4.10. The maximum Gasteiger partial charge on any atom is 0.336 e. The average molecular weight is 405 g/mol. The average Bonchev–Trinajstić information content (AvgIpc) is 2.75. The highest BCUT2D eigenvalue weighted by molar-refractivity contribution is 5.81. The topological polar surface area (TPSA) is 53.8 Å². The molecule has 0 bridgehead atoms. The maximum atomic E-state index is 12.7. The number of carbonyl (C=O) groups is 1. The molecule has 2 aromatic carbocycles. The van der Waals surface area contributed by atoms with Crippen molar-refractivity contribution in [2.24, 2.45) is 0 Å². The van der Waals surface area contributed by atoms with Gasteiger partial charge in [0.2, 0.25) is 5.91 Å². The lowest BCUT2D eigenvalue weighted by molar-refractivity contribution is -0.132. The second-order valence-corrected chi connectivity index (χ2v) is 8.03. The molecule has 5 heteroatoms. The SMILES string of the molecule is CCc1ccc2c(CN3CCN(C(=O)Cc4ccccc4C)CC3)cc(=O)oc2c1. The Kier molecular flexibility index (Phi) is 6.00. The van der Waals surface area contributed by atoms with Crippen LogP contribution in [0.1, 0.15) is 29.2 Å². The molecular formula is C25H28N2O3. The molecule has 1 aromatic heterocycles. The van der Waals surface area contributed by atoms with Crippen LogP contribution in [0.15, 0.2) is 57.7 Å². The van der Waals surface area contributed by atoms with Crippen LogP contribution in [-0.2, 0) is 24.2 Å². The van der Waals surface area contributed by atoms with Crippen molar-refractivity contribution in [1.82, 2.24) is 9.80 Å². The van der Waals surface area contributed by atoms with Gasteiger partial charge in [0, 0.05) is 44.2 Å². The molecule has 1 amide bonds. The summed E-state index contributed by atoms with van der Waals surface area (Å²) in [5, 5.41) is 0.991. The summed E-state index contributed by atoms with van der Waals surface area (Å²) in [5.74, 6) is 0.182. The Bertz CT molecular complexity index is 1110. The van der Waals surface area contributed by atoms with Gasteiger partial charge in [0.05, 0.1) is 6.42 Å². The first-order valence-electron chi connectivity index (χ1n) is 10.6. The van der Waals surface area contributed by atoms with Crippen molar-refractivity contribution in [3.63, 3.8) is 0 Å².